The SMILES string of the molecule is C[C@@H]1C(=O)C(C#N)C[C@]2(c3ccccc3)c3c(c(-c4cncnc4)nn3C)CC[C@@H]12. The molecule has 3 aromatic rings. The fourth-order valence-corrected chi connectivity index (χ4v) is 5.91. The molecule has 0 spiro atoms. The Balaban J connectivity index is 1.80. The first-order chi connectivity index (χ1) is 14.6. The molecule has 0 radical (unpaired) electrons. The molecule has 0 N–H and O–H groups in total. The summed E-state index contributed by atoms with van der Waals surface area (Å²) in [6, 6.07) is 12.7. The topological polar surface area (TPSA) is 84.5 Å². The number of rotatable bonds is 2. The summed E-state index contributed by atoms with van der Waals surface area (Å²) in [7, 11) is 1.97. The highest BCUT2D eigenvalue weighted by Gasteiger charge is 2.57. The number of aromatic nitrogens is 4. The standard InChI is InChI=1S/C24H23N5O/c1-15-20-9-8-19-21(17-12-26-14-27-13-17)28-29(2)23(19)24(20,10-16(11-25)22(15)30)18-6-4-3-5-7-18/h3-7,12-16,20H,8-10H2,1-2H3/t15-,16?,20-,24+/m0/s1. The first kappa shape index (κ1) is 18.7. The number of nitrogens with zero attached hydrogens (tertiary/aromatic N) is 5. The van der Waals surface area contributed by atoms with Gasteiger partial charge in [-0.3, -0.25) is 9.48 Å². The van der Waals surface area contributed by atoms with E-state index in [-0.39, 0.29) is 17.6 Å². The van der Waals surface area contributed by atoms with E-state index in [1.165, 1.54) is 11.9 Å². The second-order valence-corrected chi connectivity index (χ2v) is 8.49. The first-order valence-electron chi connectivity index (χ1n) is 10.4. The Bertz CT molecular complexity index is 1150. The van der Waals surface area contributed by atoms with Gasteiger partial charge in [0.05, 0.1) is 17.5 Å². The Kier molecular flexibility index (Phi) is 4.28. The Morgan fingerprint density at radius 1 is 1.20 bits per heavy atom. The predicted molar refractivity (Wildman–Crippen MR) is 111 cm³/mol. The van der Waals surface area contributed by atoms with Crippen LogP contribution in [0.1, 0.15) is 36.6 Å². The maximum absolute atomic E-state index is 12.9. The third-order valence-electron chi connectivity index (χ3n) is 7.11. The van der Waals surface area contributed by atoms with E-state index in [1.54, 1.807) is 12.4 Å². The van der Waals surface area contributed by atoms with Crippen LogP contribution in [0.4, 0.5) is 0 Å². The van der Waals surface area contributed by atoms with E-state index in [9.17, 15) is 10.1 Å². The fourth-order valence-electron chi connectivity index (χ4n) is 5.91. The number of hydrogen-bond donors (Lipinski definition) is 0. The van der Waals surface area contributed by atoms with Crippen molar-refractivity contribution in [3.05, 3.63) is 65.9 Å². The molecule has 2 aromatic heterocycles. The third-order valence-corrected chi connectivity index (χ3v) is 7.11. The lowest BCUT2D eigenvalue weighted by atomic mass is 9.51. The number of carbonyl (C=O) groups is 1. The van der Waals surface area contributed by atoms with Crippen LogP contribution in [-0.2, 0) is 23.7 Å². The minimum Gasteiger partial charge on any atom is -0.298 e. The van der Waals surface area contributed by atoms with E-state index >= 15 is 0 Å². The maximum atomic E-state index is 12.9. The Morgan fingerprint density at radius 2 is 1.93 bits per heavy atom. The Labute approximate surface area is 175 Å². The van der Waals surface area contributed by atoms with Crippen molar-refractivity contribution in [2.24, 2.45) is 24.8 Å². The molecule has 150 valence electrons. The van der Waals surface area contributed by atoms with Gasteiger partial charge in [0.1, 0.15) is 12.2 Å². The van der Waals surface area contributed by atoms with Crippen molar-refractivity contribution in [3.8, 4) is 17.3 Å². The molecule has 0 amide bonds. The fraction of sp³-hybridized carbons (Fsp3) is 0.375. The van der Waals surface area contributed by atoms with Gasteiger partial charge in [0.25, 0.3) is 0 Å². The van der Waals surface area contributed by atoms with Gasteiger partial charge in [0.15, 0.2) is 5.78 Å². The van der Waals surface area contributed by atoms with Crippen LogP contribution in [0, 0.1) is 29.1 Å². The summed E-state index contributed by atoms with van der Waals surface area (Å²) in [6.07, 6.45) is 7.34. The summed E-state index contributed by atoms with van der Waals surface area (Å²) in [5, 5.41) is 14.7. The lowest BCUT2D eigenvalue weighted by molar-refractivity contribution is -0.131. The number of aryl methyl sites for hydroxylation is 1. The van der Waals surface area contributed by atoms with Crippen molar-refractivity contribution < 1.29 is 4.79 Å². The summed E-state index contributed by atoms with van der Waals surface area (Å²) in [6.45, 7) is 2.00. The van der Waals surface area contributed by atoms with Crippen LogP contribution < -0.4 is 0 Å². The molecule has 0 aliphatic heterocycles. The molecule has 1 unspecified atom stereocenters. The van der Waals surface area contributed by atoms with Crippen LogP contribution in [0.3, 0.4) is 0 Å². The molecule has 1 aromatic carbocycles. The van der Waals surface area contributed by atoms with Gasteiger partial charge in [-0.1, -0.05) is 37.3 Å². The maximum Gasteiger partial charge on any atom is 0.153 e. The zero-order chi connectivity index (χ0) is 20.9. The van der Waals surface area contributed by atoms with Crippen molar-refractivity contribution in [1.29, 1.82) is 5.26 Å². The van der Waals surface area contributed by atoms with Crippen LogP contribution in [0.2, 0.25) is 0 Å². The van der Waals surface area contributed by atoms with Gasteiger partial charge in [-0.2, -0.15) is 10.4 Å². The molecular weight excluding hydrogens is 374 g/mol. The summed E-state index contributed by atoms with van der Waals surface area (Å²) < 4.78 is 1.97. The normalized spacial score (nSPS) is 27.8. The van der Waals surface area contributed by atoms with E-state index in [0.717, 1.165) is 35.4 Å². The highest BCUT2D eigenvalue weighted by molar-refractivity contribution is 5.87. The highest BCUT2D eigenvalue weighted by atomic mass is 16.1. The van der Waals surface area contributed by atoms with Crippen LogP contribution in [-0.4, -0.2) is 25.5 Å². The number of carbonyl (C=O) groups excluding carboxylic acids is 1. The molecule has 0 saturated heterocycles. The average Bonchev–Trinajstić information content (AvgIpc) is 3.14. The number of fused-ring (bicyclic) bond motifs is 3. The number of Topliss-reactive ketones (excluding diaryl/α,β-unsaturated/α-hetero) is 1. The molecule has 2 aliphatic carbocycles. The minimum absolute atomic E-state index is 0.0800. The third kappa shape index (κ3) is 2.48. The van der Waals surface area contributed by atoms with Crippen molar-refractivity contribution >= 4 is 5.78 Å². The van der Waals surface area contributed by atoms with Crippen LogP contribution in [0.15, 0.2) is 49.1 Å². The van der Waals surface area contributed by atoms with E-state index in [1.807, 2.05) is 36.9 Å². The average molecular weight is 397 g/mol. The van der Waals surface area contributed by atoms with Crippen molar-refractivity contribution in [1.82, 2.24) is 19.7 Å². The molecule has 6 heteroatoms. The summed E-state index contributed by atoms with van der Waals surface area (Å²) >= 11 is 0. The summed E-state index contributed by atoms with van der Waals surface area (Å²) in [5.41, 5.74) is 4.86. The molecule has 0 bridgehead atoms. The summed E-state index contributed by atoms with van der Waals surface area (Å²) in [5.74, 6) is -0.563. The molecule has 6 nitrogen and oxygen atoms in total. The molecule has 2 aliphatic rings. The Hall–Kier alpha value is -3.33. The van der Waals surface area contributed by atoms with Gasteiger partial charge in [-0.15, -0.1) is 0 Å². The van der Waals surface area contributed by atoms with Crippen LogP contribution in [0.25, 0.3) is 11.3 Å². The number of nitriles is 1. The van der Waals surface area contributed by atoms with Gasteiger partial charge >= 0.3 is 0 Å². The van der Waals surface area contributed by atoms with Gasteiger partial charge in [0, 0.05) is 41.9 Å². The molecule has 5 rings (SSSR count). The molecule has 30 heavy (non-hydrogen) atoms. The minimum atomic E-state index is -0.610. The Morgan fingerprint density at radius 3 is 2.63 bits per heavy atom. The van der Waals surface area contributed by atoms with Crippen LogP contribution >= 0.6 is 0 Å². The first-order valence-corrected chi connectivity index (χ1v) is 10.4. The van der Waals surface area contributed by atoms with Crippen molar-refractivity contribution in [2.45, 2.75) is 31.6 Å². The van der Waals surface area contributed by atoms with Crippen LogP contribution in [0.5, 0.6) is 0 Å². The second-order valence-electron chi connectivity index (χ2n) is 8.49. The van der Waals surface area contributed by atoms with Gasteiger partial charge < -0.3 is 0 Å². The largest absolute Gasteiger partial charge is 0.298 e. The number of hydrogen-bond acceptors (Lipinski definition) is 5. The van der Waals surface area contributed by atoms with Crippen molar-refractivity contribution in [3.63, 3.8) is 0 Å². The van der Waals surface area contributed by atoms with E-state index in [0.29, 0.717) is 6.42 Å². The van der Waals surface area contributed by atoms with Gasteiger partial charge in [0.2, 0.25) is 0 Å². The zero-order valence-electron chi connectivity index (χ0n) is 17.1. The quantitative estimate of drug-likeness (QED) is 0.661. The monoisotopic (exact) mass is 397 g/mol. The van der Waals surface area contributed by atoms with Crippen molar-refractivity contribution in [2.75, 3.05) is 0 Å². The smallest absolute Gasteiger partial charge is 0.153 e. The highest BCUT2D eigenvalue weighted by Crippen LogP contribution is 2.57. The second kappa shape index (κ2) is 6.88. The van der Waals surface area contributed by atoms with E-state index in [4.69, 9.17) is 5.10 Å². The van der Waals surface area contributed by atoms with E-state index in [2.05, 4.69) is 28.2 Å². The van der Waals surface area contributed by atoms with E-state index < -0.39 is 11.3 Å². The molecular formula is C24H23N5O. The lowest BCUT2D eigenvalue weighted by Gasteiger charge is -2.51. The van der Waals surface area contributed by atoms with Gasteiger partial charge in [-0.05, 0) is 30.7 Å². The predicted octanol–water partition coefficient (Wildman–Crippen LogP) is 3.47. The number of ketones is 1. The number of benzene rings is 1. The summed E-state index contributed by atoms with van der Waals surface area (Å²) in [4.78, 5) is 21.3. The molecule has 4 atom stereocenters. The molecule has 2 heterocycles. The molecule has 1 fully saturated rings. The zero-order valence-corrected chi connectivity index (χ0v) is 17.1. The lowest BCUT2D eigenvalue weighted by Crippen LogP contribution is -2.53. The molecule has 1 saturated carbocycles. The van der Waals surface area contributed by atoms with Gasteiger partial charge in [-0.25, -0.2) is 9.97 Å².